The molecule has 2 rings (SSSR count). The molecule has 0 radical (unpaired) electrons. The normalized spacial score (nSPS) is 18.8. The van der Waals surface area contributed by atoms with E-state index in [-0.39, 0.29) is 0 Å². The van der Waals surface area contributed by atoms with Gasteiger partial charge in [0, 0.05) is 38.9 Å². The highest BCUT2D eigenvalue weighted by molar-refractivity contribution is 5.42. The van der Waals surface area contributed by atoms with Crippen LogP contribution in [0.4, 0.5) is 5.82 Å². The Morgan fingerprint density at radius 3 is 3.10 bits per heavy atom. The molecule has 1 N–H and O–H groups in total. The minimum Gasteiger partial charge on any atom is -0.478 e. The third kappa shape index (κ3) is 4.82. The smallest absolute Gasteiger partial charge is 0.218 e. The Labute approximate surface area is 126 Å². The van der Waals surface area contributed by atoms with Gasteiger partial charge >= 0.3 is 0 Å². The lowest BCUT2D eigenvalue weighted by molar-refractivity contribution is 0.198. The highest BCUT2D eigenvalue weighted by atomic mass is 16.5. The van der Waals surface area contributed by atoms with E-state index in [0.29, 0.717) is 18.5 Å². The third-order valence-electron chi connectivity index (χ3n) is 3.70. The highest BCUT2D eigenvalue weighted by Crippen LogP contribution is 2.24. The molecule has 1 aliphatic heterocycles. The van der Waals surface area contributed by atoms with Crippen LogP contribution in [0.15, 0.2) is 12.4 Å². The zero-order valence-electron chi connectivity index (χ0n) is 13.0. The highest BCUT2D eigenvalue weighted by Gasteiger charge is 2.23. The molecular weight excluding hydrogens is 268 g/mol. The predicted molar refractivity (Wildman–Crippen MR) is 82.9 cm³/mol. The van der Waals surface area contributed by atoms with Gasteiger partial charge in [-0.3, -0.25) is 0 Å². The van der Waals surface area contributed by atoms with Gasteiger partial charge in [0.05, 0.1) is 13.2 Å². The second-order valence-corrected chi connectivity index (χ2v) is 5.19. The molecule has 0 aromatic carbocycles. The Kier molecular flexibility index (Phi) is 6.69. The van der Waals surface area contributed by atoms with Crippen molar-refractivity contribution in [3.05, 3.63) is 12.4 Å². The van der Waals surface area contributed by atoms with Crippen LogP contribution in [-0.2, 0) is 4.74 Å². The van der Waals surface area contributed by atoms with Crippen molar-refractivity contribution in [3.8, 4) is 5.88 Å². The van der Waals surface area contributed by atoms with Crippen molar-refractivity contribution in [1.82, 2.24) is 15.3 Å². The molecule has 0 spiro atoms. The SMILES string of the molecule is CCOc1cc(N2CCCCC2CNCCOC)ncn1. The average Bonchev–Trinajstić information content (AvgIpc) is 2.53. The number of hydrogen-bond donors (Lipinski definition) is 1. The number of piperidine rings is 1. The van der Waals surface area contributed by atoms with Crippen LogP contribution in [0, 0.1) is 0 Å². The van der Waals surface area contributed by atoms with Gasteiger partial charge < -0.3 is 19.7 Å². The lowest BCUT2D eigenvalue weighted by Gasteiger charge is -2.36. The Bertz CT molecular complexity index is 416. The van der Waals surface area contributed by atoms with E-state index in [4.69, 9.17) is 9.47 Å². The van der Waals surface area contributed by atoms with Gasteiger partial charge in [-0.25, -0.2) is 9.97 Å². The van der Waals surface area contributed by atoms with Crippen molar-refractivity contribution >= 4 is 5.82 Å². The summed E-state index contributed by atoms with van der Waals surface area (Å²) in [6.07, 6.45) is 5.26. The summed E-state index contributed by atoms with van der Waals surface area (Å²) < 4.78 is 10.5. The summed E-state index contributed by atoms with van der Waals surface area (Å²) in [6, 6.07) is 2.41. The quantitative estimate of drug-likeness (QED) is 0.733. The molecule has 1 aliphatic rings. The fourth-order valence-corrected chi connectivity index (χ4v) is 2.67. The second-order valence-electron chi connectivity index (χ2n) is 5.19. The summed E-state index contributed by atoms with van der Waals surface area (Å²) in [7, 11) is 1.73. The van der Waals surface area contributed by atoms with Crippen molar-refractivity contribution < 1.29 is 9.47 Å². The number of nitrogens with one attached hydrogen (secondary N) is 1. The average molecular weight is 294 g/mol. The topological polar surface area (TPSA) is 59.5 Å². The van der Waals surface area contributed by atoms with E-state index in [0.717, 1.165) is 32.1 Å². The molecule has 1 aromatic heterocycles. The van der Waals surface area contributed by atoms with Crippen molar-refractivity contribution in [2.75, 3.05) is 44.9 Å². The van der Waals surface area contributed by atoms with E-state index in [1.807, 2.05) is 13.0 Å². The maximum atomic E-state index is 5.48. The van der Waals surface area contributed by atoms with E-state index in [9.17, 15) is 0 Å². The molecule has 1 atom stereocenters. The summed E-state index contributed by atoms with van der Waals surface area (Å²) in [5, 5.41) is 3.45. The summed E-state index contributed by atoms with van der Waals surface area (Å²) in [4.78, 5) is 10.9. The number of methoxy groups -OCH3 is 1. The Hall–Kier alpha value is -1.40. The van der Waals surface area contributed by atoms with Crippen LogP contribution in [0.5, 0.6) is 5.88 Å². The number of hydrogen-bond acceptors (Lipinski definition) is 6. The van der Waals surface area contributed by atoms with Crippen LogP contribution in [0.2, 0.25) is 0 Å². The van der Waals surface area contributed by atoms with Crippen molar-refractivity contribution in [2.45, 2.75) is 32.2 Å². The molecule has 0 aliphatic carbocycles. The zero-order chi connectivity index (χ0) is 14.9. The Morgan fingerprint density at radius 2 is 2.29 bits per heavy atom. The fourth-order valence-electron chi connectivity index (χ4n) is 2.67. The van der Waals surface area contributed by atoms with E-state index in [1.165, 1.54) is 19.3 Å². The van der Waals surface area contributed by atoms with Crippen LogP contribution in [0.25, 0.3) is 0 Å². The van der Waals surface area contributed by atoms with Gasteiger partial charge in [0.25, 0.3) is 0 Å². The number of anilines is 1. The van der Waals surface area contributed by atoms with Gasteiger partial charge in [0.2, 0.25) is 5.88 Å². The minimum absolute atomic E-state index is 0.472. The van der Waals surface area contributed by atoms with Crippen LogP contribution in [-0.4, -0.2) is 56.0 Å². The number of ether oxygens (including phenoxy) is 2. The van der Waals surface area contributed by atoms with Gasteiger partial charge in [0.15, 0.2) is 0 Å². The van der Waals surface area contributed by atoms with E-state index >= 15 is 0 Å². The molecule has 0 amide bonds. The molecule has 118 valence electrons. The van der Waals surface area contributed by atoms with E-state index < -0.39 is 0 Å². The molecule has 0 saturated carbocycles. The number of aromatic nitrogens is 2. The molecular formula is C15H26N4O2. The Morgan fingerprint density at radius 1 is 1.38 bits per heavy atom. The fraction of sp³-hybridized carbons (Fsp3) is 0.733. The summed E-state index contributed by atoms with van der Waals surface area (Å²) in [5.74, 6) is 1.62. The molecule has 21 heavy (non-hydrogen) atoms. The third-order valence-corrected chi connectivity index (χ3v) is 3.70. The number of nitrogens with zero attached hydrogens (tertiary/aromatic N) is 3. The summed E-state index contributed by atoms with van der Waals surface area (Å²) >= 11 is 0. The van der Waals surface area contributed by atoms with Gasteiger partial charge in [-0.1, -0.05) is 0 Å². The maximum absolute atomic E-state index is 5.48. The summed E-state index contributed by atoms with van der Waals surface area (Å²) in [6.45, 7) is 6.21. The van der Waals surface area contributed by atoms with Gasteiger partial charge in [0.1, 0.15) is 12.1 Å². The Balaban J connectivity index is 1.98. The van der Waals surface area contributed by atoms with E-state index in [2.05, 4.69) is 20.2 Å². The first-order valence-electron chi connectivity index (χ1n) is 7.76. The lowest BCUT2D eigenvalue weighted by Crippen LogP contribution is -2.46. The second kappa shape index (κ2) is 8.79. The largest absolute Gasteiger partial charge is 0.478 e. The van der Waals surface area contributed by atoms with E-state index in [1.54, 1.807) is 13.4 Å². The van der Waals surface area contributed by atoms with Crippen LogP contribution in [0.1, 0.15) is 26.2 Å². The monoisotopic (exact) mass is 294 g/mol. The van der Waals surface area contributed by atoms with Gasteiger partial charge in [-0.2, -0.15) is 0 Å². The molecule has 2 heterocycles. The molecule has 1 saturated heterocycles. The van der Waals surface area contributed by atoms with Crippen molar-refractivity contribution in [1.29, 1.82) is 0 Å². The number of rotatable bonds is 8. The molecule has 6 nitrogen and oxygen atoms in total. The lowest BCUT2D eigenvalue weighted by atomic mass is 10.0. The van der Waals surface area contributed by atoms with Crippen molar-refractivity contribution in [2.24, 2.45) is 0 Å². The predicted octanol–water partition coefficient (Wildman–Crippen LogP) is 1.47. The molecule has 0 bridgehead atoms. The molecule has 1 unspecified atom stereocenters. The molecule has 1 fully saturated rings. The first-order chi connectivity index (χ1) is 10.3. The van der Waals surface area contributed by atoms with Crippen LogP contribution < -0.4 is 15.0 Å². The first kappa shape index (κ1) is 16.0. The minimum atomic E-state index is 0.472. The molecule has 6 heteroatoms. The van der Waals surface area contributed by atoms with Gasteiger partial charge in [-0.15, -0.1) is 0 Å². The van der Waals surface area contributed by atoms with Crippen LogP contribution >= 0.6 is 0 Å². The molecule has 1 aromatic rings. The standard InChI is InChI=1S/C15H26N4O2/c1-3-21-15-10-14(17-12-18-15)19-8-5-4-6-13(19)11-16-7-9-20-2/h10,12-13,16H,3-9,11H2,1-2H3. The maximum Gasteiger partial charge on any atom is 0.218 e. The van der Waals surface area contributed by atoms with Crippen LogP contribution in [0.3, 0.4) is 0 Å². The van der Waals surface area contributed by atoms with Gasteiger partial charge in [-0.05, 0) is 26.2 Å². The van der Waals surface area contributed by atoms with Crippen molar-refractivity contribution in [3.63, 3.8) is 0 Å². The first-order valence-corrected chi connectivity index (χ1v) is 7.76. The summed E-state index contributed by atoms with van der Waals surface area (Å²) in [5.41, 5.74) is 0. The zero-order valence-corrected chi connectivity index (χ0v) is 13.0.